The second kappa shape index (κ2) is 3.45. The number of hydrogen-bond donors (Lipinski definition) is 1. The molecule has 1 aliphatic rings. The van der Waals surface area contributed by atoms with Crippen molar-refractivity contribution in [3.05, 3.63) is 53.9 Å². The van der Waals surface area contributed by atoms with Crippen LogP contribution in [0.3, 0.4) is 0 Å². The molecular weight excluding hydrogens is 200 g/mol. The van der Waals surface area contributed by atoms with Gasteiger partial charge in [-0.3, -0.25) is 9.78 Å². The Balaban J connectivity index is 2.18. The Kier molecular flexibility index (Phi) is 1.96. The van der Waals surface area contributed by atoms with Gasteiger partial charge in [0, 0.05) is 23.9 Å². The third-order valence-electron chi connectivity index (χ3n) is 2.76. The summed E-state index contributed by atoms with van der Waals surface area (Å²) in [7, 11) is 0. The van der Waals surface area contributed by atoms with Crippen LogP contribution in [0.25, 0.3) is 0 Å². The van der Waals surface area contributed by atoms with Gasteiger partial charge in [0.1, 0.15) is 0 Å². The first-order chi connectivity index (χ1) is 7.84. The molecule has 1 aromatic heterocycles. The zero-order chi connectivity index (χ0) is 11.0. The molecule has 0 unspecified atom stereocenters. The molecule has 3 heteroatoms. The van der Waals surface area contributed by atoms with Gasteiger partial charge in [-0.15, -0.1) is 0 Å². The molecule has 3 nitrogen and oxygen atoms in total. The normalized spacial score (nSPS) is 13.4. The van der Waals surface area contributed by atoms with Gasteiger partial charge in [-0.1, -0.05) is 12.1 Å². The van der Waals surface area contributed by atoms with Crippen LogP contribution in [0, 0.1) is 0 Å². The Morgan fingerprint density at radius 2 is 2.00 bits per heavy atom. The van der Waals surface area contributed by atoms with Crippen LogP contribution in [0.5, 0.6) is 0 Å². The quantitative estimate of drug-likeness (QED) is 0.726. The lowest BCUT2D eigenvalue weighted by Gasteiger charge is -2.07. The van der Waals surface area contributed by atoms with Gasteiger partial charge in [0.15, 0.2) is 5.78 Å². The Labute approximate surface area is 93.1 Å². The van der Waals surface area contributed by atoms with E-state index in [-0.39, 0.29) is 5.78 Å². The maximum absolute atomic E-state index is 12.0. The summed E-state index contributed by atoms with van der Waals surface area (Å²) in [6.07, 6.45) is 3.90. The highest BCUT2D eigenvalue weighted by Gasteiger charge is 2.18. The Bertz CT molecular complexity index is 563. The molecule has 0 atom stereocenters. The number of benzene rings is 1. The van der Waals surface area contributed by atoms with E-state index in [0.29, 0.717) is 6.42 Å². The summed E-state index contributed by atoms with van der Waals surface area (Å²) in [4.78, 5) is 16.1. The number of pyridine rings is 1. The van der Waals surface area contributed by atoms with Gasteiger partial charge in [-0.25, -0.2) is 0 Å². The molecule has 1 N–H and O–H groups in total. The number of aromatic nitrogens is 1. The van der Waals surface area contributed by atoms with Crippen molar-refractivity contribution in [1.29, 1.82) is 0 Å². The van der Waals surface area contributed by atoms with Gasteiger partial charge in [0.25, 0.3) is 0 Å². The van der Waals surface area contributed by atoms with Gasteiger partial charge in [0.05, 0.1) is 11.9 Å². The molecule has 0 bridgehead atoms. The van der Waals surface area contributed by atoms with E-state index in [0.717, 1.165) is 22.5 Å². The standard InChI is InChI=1S/C13H10N2O/c16-13-7-9-5-6-14-8-12(9)15-11-4-2-1-3-10(11)13/h1-6,8,15H,7H2. The third kappa shape index (κ3) is 1.37. The number of anilines is 2. The second-order valence-electron chi connectivity index (χ2n) is 3.80. The Hall–Kier alpha value is -2.16. The average molecular weight is 210 g/mol. The molecule has 0 aliphatic carbocycles. The van der Waals surface area contributed by atoms with Crippen molar-refractivity contribution in [3.63, 3.8) is 0 Å². The zero-order valence-corrected chi connectivity index (χ0v) is 8.60. The fraction of sp³-hybridized carbons (Fsp3) is 0.0769. The molecule has 1 aliphatic heterocycles. The molecule has 2 aromatic rings. The minimum Gasteiger partial charge on any atom is -0.353 e. The number of rotatable bonds is 0. The van der Waals surface area contributed by atoms with Crippen LogP contribution >= 0.6 is 0 Å². The molecular formula is C13H10N2O. The van der Waals surface area contributed by atoms with Gasteiger partial charge < -0.3 is 5.32 Å². The molecule has 0 amide bonds. The Morgan fingerprint density at radius 1 is 1.12 bits per heavy atom. The van der Waals surface area contributed by atoms with E-state index in [4.69, 9.17) is 0 Å². The van der Waals surface area contributed by atoms with Crippen LogP contribution in [0.2, 0.25) is 0 Å². The molecule has 3 rings (SSSR count). The molecule has 0 spiro atoms. The first-order valence-electron chi connectivity index (χ1n) is 5.17. The number of para-hydroxylation sites is 1. The van der Waals surface area contributed by atoms with E-state index in [1.54, 1.807) is 12.4 Å². The van der Waals surface area contributed by atoms with Crippen molar-refractivity contribution in [3.8, 4) is 0 Å². The average Bonchev–Trinajstić information content (AvgIpc) is 2.45. The topological polar surface area (TPSA) is 42.0 Å². The van der Waals surface area contributed by atoms with E-state index in [1.165, 1.54) is 0 Å². The van der Waals surface area contributed by atoms with E-state index in [1.807, 2.05) is 30.3 Å². The number of nitrogens with one attached hydrogen (secondary N) is 1. The fourth-order valence-electron chi connectivity index (χ4n) is 1.94. The van der Waals surface area contributed by atoms with Crippen molar-refractivity contribution < 1.29 is 4.79 Å². The van der Waals surface area contributed by atoms with Crippen LogP contribution in [-0.4, -0.2) is 10.8 Å². The van der Waals surface area contributed by atoms with Gasteiger partial charge in [0.2, 0.25) is 0 Å². The molecule has 16 heavy (non-hydrogen) atoms. The molecule has 1 aromatic carbocycles. The van der Waals surface area contributed by atoms with Crippen LogP contribution < -0.4 is 5.32 Å². The summed E-state index contributed by atoms with van der Waals surface area (Å²) in [5, 5.41) is 3.25. The summed E-state index contributed by atoms with van der Waals surface area (Å²) < 4.78 is 0. The molecule has 0 fully saturated rings. The first kappa shape index (κ1) is 9.09. The van der Waals surface area contributed by atoms with Crippen molar-refractivity contribution in [2.45, 2.75) is 6.42 Å². The summed E-state index contributed by atoms with van der Waals surface area (Å²) >= 11 is 0. The lowest BCUT2D eigenvalue weighted by molar-refractivity contribution is 0.0994. The predicted octanol–water partition coefficient (Wildman–Crippen LogP) is 2.56. The maximum atomic E-state index is 12.0. The van der Waals surface area contributed by atoms with Crippen LogP contribution in [0.15, 0.2) is 42.7 Å². The van der Waals surface area contributed by atoms with Gasteiger partial charge >= 0.3 is 0 Å². The highest BCUT2D eigenvalue weighted by atomic mass is 16.1. The highest BCUT2D eigenvalue weighted by Crippen LogP contribution is 2.28. The molecule has 0 saturated carbocycles. The van der Waals surface area contributed by atoms with Gasteiger partial charge in [-0.2, -0.15) is 0 Å². The molecule has 0 radical (unpaired) electrons. The summed E-state index contributed by atoms with van der Waals surface area (Å²) in [5.41, 5.74) is 3.52. The minimum atomic E-state index is 0.146. The van der Waals surface area contributed by atoms with Crippen molar-refractivity contribution in [2.75, 3.05) is 5.32 Å². The van der Waals surface area contributed by atoms with Crippen molar-refractivity contribution in [2.24, 2.45) is 0 Å². The second-order valence-corrected chi connectivity index (χ2v) is 3.80. The molecule has 2 heterocycles. The number of carbonyl (C=O) groups is 1. The Morgan fingerprint density at radius 3 is 2.94 bits per heavy atom. The number of ketones is 1. The summed E-state index contributed by atoms with van der Waals surface area (Å²) in [5.74, 6) is 0.146. The van der Waals surface area contributed by atoms with E-state index in [9.17, 15) is 4.79 Å². The smallest absolute Gasteiger partial charge is 0.169 e. The third-order valence-corrected chi connectivity index (χ3v) is 2.76. The number of hydrogen-bond acceptors (Lipinski definition) is 3. The number of carbonyl (C=O) groups excluding carboxylic acids is 1. The first-order valence-corrected chi connectivity index (χ1v) is 5.17. The SMILES string of the molecule is O=C1Cc2ccncc2Nc2ccccc21. The highest BCUT2D eigenvalue weighted by molar-refractivity contribution is 6.05. The lowest BCUT2D eigenvalue weighted by Crippen LogP contribution is -2.01. The van der Waals surface area contributed by atoms with Crippen LogP contribution in [0.1, 0.15) is 15.9 Å². The monoisotopic (exact) mass is 210 g/mol. The lowest BCUT2D eigenvalue weighted by atomic mass is 10.0. The fourth-order valence-corrected chi connectivity index (χ4v) is 1.94. The molecule has 0 saturated heterocycles. The molecule has 78 valence electrons. The number of nitrogens with zero attached hydrogens (tertiary/aromatic N) is 1. The number of Topliss-reactive ketones (excluding diaryl/α,β-unsaturated/α-hetero) is 1. The summed E-state index contributed by atoms with van der Waals surface area (Å²) in [6.45, 7) is 0. The van der Waals surface area contributed by atoms with Crippen LogP contribution in [-0.2, 0) is 6.42 Å². The number of fused-ring (bicyclic) bond motifs is 2. The van der Waals surface area contributed by atoms with Gasteiger partial charge in [-0.05, 0) is 23.8 Å². The minimum absolute atomic E-state index is 0.146. The predicted molar refractivity (Wildman–Crippen MR) is 62.0 cm³/mol. The van der Waals surface area contributed by atoms with Crippen molar-refractivity contribution in [1.82, 2.24) is 4.98 Å². The van der Waals surface area contributed by atoms with E-state index < -0.39 is 0 Å². The zero-order valence-electron chi connectivity index (χ0n) is 8.60. The largest absolute Gasteiger partial charge is 0.353 e. The summed E-state index contributed by atoms with van der Waals surface area (Å²) in [6, 6.07) is 9.44. The maximum Gasteiger partial charge on any atom is 0.169 e. The van der Waals surface area contributed by atoms with Crippen LogP contribution in [0.4, 0.5) is 11.4 Å². The van der Waals surface area contributed by atoms with Crippen molar-refractivity contribution >= 4 is 17.2 Å². The van der Waals surface area contributed by atoms with E-state index >= 15 is 0 Å². The van der Waals surface area contributed by atoms with E-state index in [2.05, 4.69) is 10.3 Å².